The van der Waals surface area contributed by atoms with Gasteiger partial charge in [-0.1, -0.05) is 30.0 Å². The molecule has 0 fully saturated rings. The smallest absolute Gasteiger partial charge is 0.254 e. The lowest BCUT2D eigenvalue weighted by Gasteiger charge is -2.13. The molecule has 0 spiro atoms. The molecule has 1 unspecified atom stereocenters. The molecule has 2 aromatic carbocycles. The molecule has 1 atom stereocenters. The van der Waals surface area contributed by atoms with Crippen molar-refractivity contribution < 1.29 is 9.53 Å². The van der Waals surface area contributed by atoms with Crippen molar-refractivity contribution in [1.29, 1.82) is 0 Å². The van der Waals surface area contributed by atoms with Gasteiger partial charge in [-0.15, -0.1) is 0 Å². The molecule has 0 bridgehead atoms. The Morgan fingerprint density at radius 2 is 1.85 bits per heavy atom. The number of ether oxygens (including phenoxy) is 1. The average molecular weight is 379 g/mol. The highest BCUT2D eigenvalue weighted by atomic mass is 32.2. The van der Waals surface area contributed by atoms with E-state index >= 15 is 0 Å². The highest BCUT2D eigenvalue weighted by Gasteiger charge is 2.26. The molecule has 1 amide bonds. The minimum Gasteiger partial charge on any atom is -0.457 e. The molecule has 4 rings (SSSR count). The molecule has 1 N–H and O–H groups in total. The van der Waals surface area contributed by atoms with Gasteiger partial charge in [-0.05, 0) is 36.4 Å². The number of amides is 1. The largest absolute Gasteiger partial charge is 0.457 e. The number of nitrogens with zero attached hydrogens (tertiary/aromatic N) is 2. The van der Waals surface area contributed by atoms with Crippen molar-refractivity contribution in [2.24, 2.45) is 0 Å². The Labute approximate surface area is 160 Å². The first kappa shape index (κ1) is 17.4. The molecule has 2 heterocycles. The highest BCUT2D eigenvalue weighted by molar-refractivity contribution is 7.99. The van der Waals surface area contributed by atoms with Gasteiger partial charge in [0.05, 0.1) is 6.04 Å². The number of hydrogen-bond donors (Lipinski definition) is 1. The lowest BCUT2D eigenvalue weighted by Crippen LogP contribution is -2.26. The van der Waals surface area contributed by atoms with E-state index in [0.717, 1.165) is 5.75 Å². The third kappa shape index (κ3) is 4.03. The molecular formula is C20H17N3O3S. The summed E-state index contributed by atoms with van der Waals surface area (Å²) in [7, 11) is 0. The summed E-state index contributed by atoms with van der Waals surface area (Å²) in [6.45, 7) is 0. The van der Waals surface area contributed by atoms with Crippen LogP contribution >= 0.6 is 11.8 Å². The Morgan fingerprint density at radius 1 is 1.11 bits per heavy atom. The van der Waals surface area contributed by atoms with E-state index in [1.165, 1.54) is 24.0 Å². The zero-order valence-electron chi connectivity index (χ0n) is 14.4. The SMILES string of the molecule is O=C(CC1CSc2nccc(=O)n21)Nc1ccc(Oc2ccccc2)cc1. The van der Waals surface area contributed by atoms with E-state index in [9.17, 15) is 9.59 Å². The van der Waals surface area contributed by atoms with Crippen LogP contribution in [0, 0.1) is 0 Å². The lowest BCUT2D eigenvalue weighted by molar-refractivity contribution is -0.116. The highest BCUT2D eigenvalue weighted by Crippen LogP contribution is 2.31. The van der Waals surface area contributed by atoms with Crippen molar-refractivity contribution >= 4 is 23.4 Å². The van der Waals surface area contributed by atoms with E-state index in [0.29, 0.717) is 22.3 Å². The van der Waals surface area contributed by atoms with E-state index in [1.54, 1.807) is 28.8 Å². The second-order valence-corrected chi connectivity index (χ2v) is 7.08. The van der Waals surface area contributed by atoms with E-state index in [1.807, 2.05) is 30.3 Å². The number of aromatic nitrogens is 2. The van der Waals surface area contributed by atoms with Crippen LogP contribution in [0.3, 0.4) is 0 Å². The van der Waals surface area contributed by atoms with E-state index in [2.05, 4.69) is 10.3 Å². The van der Waals surface area contributed by atoms with Gasteiger partial charge in [0.2, 0.25) is 5.91 Å². The maximum absolute atomic E-state index is 12.4. The number of rotatable bonds is 5. The Kier molecular flexibility index (Phi) is 4.93. The first-order valence-electron chi connectivity index (χ1n) is 8.52. The summed E-state index contributed by atoms with van der Waals surface area (Å²) in [5.41, 5.74) is 0.565. The van der Waals surface area contributed by atoms with E-state index < -0.39 is 0 Å². The molecule has 27 heavy (non-hydrogen) atoms. The molecule has 136 valence electrons. The molecule has 0 radical (unpaired) electrons. The van der Waals surface area contributed by atoms with Crippen molar-refractivity contribution in [1.82, 2.24) is 9.55 Å². The molecular weight excluding hydrogens is 362 g/mol. The standard InChI is InChI=1S/C20H17N3O3S/c24-18(12-15-13-27-20-21-11-10-19(25)23(15)20)22-14-6-8-17(9-7-14)26-16-4-2-1-3-5-16/h1-11,15H,12-13H2,(H,22,24). The molecule has 0 saturated carbocycles. The van der Waals surface area contributed by atoms with Gasteiger partial charge < -0.3 is 10.1 Å². The molecule has 6 nitrogen and oxygen atoms in total. The van der Waals surface area contributed by atoms with Crippen LogP contribution < -0.4 is 15.6 Å². The van der Waals surface area contributed by atoms with Gasteiger partial charge in [-0.2, -0.15) is 0 Å². The number of hydrogen-bond acceptors (Lipinski definition) is 5. The monoisotopic (exact) mass is 379 g/mol. The maximum Gasteiger partial charge on any atom is 0.254 e. The minimum atomic E-state index is -0.174. The second kappa shape index (κ2) is 7.67. The van der Waals surface area contributed by atoms with Gasteiger partial charge in [-0.3, -0.25) is 14.2 Å². The fourth-order valence-corrected chi connectivity index (χ4v) is 4.02. The third-order valence-corrected chi connectivity index (χ3v) is 5.27. The molecule has 0 aliphatic carbocycles. The number of carbonyl (C=O) groups excluding carboxylic acids is 1. The first-order valence-corrected chi connectivity index (χ1v) is 9.51. The minimum absolute atomic E-state index is 0.120. The van der Waals surface area contributed by atoms with Crippen molar-refractivity contribution in [2.45, 2.75) is 17.6 Å². The Balaban J connectivity index is 1.37. The Bertz CT molecular complexity index is 1000. The summed E-state index contributed by atoms with van der Waals surface area (Å²) < 4.78 is 7.34. The van der Waals surface area contributed by atoms with Crippen molar-refractivity contribution in [3.8, 4) is 11.5 Å². The molecule has 1 aliphatic rings. The van der Waals surface area contributed by atoms with Gasteiger partial charge in [0.25, 0.3) is 5.56 Å². The molecule has 1 aromatic heterocycles. The summed E-state index contributed by atoms with van der Waals surface area (Å²) in [5.74, 6) is 1.98. The predicted molar refractivity (Wildman–Crippen MR) is 104 cm³/mol. The van der Waals surface area contributed by atoms with E-state index in [4.69, 9.17) is 4.74 Å². The second-order valence-electron chi connectivity index (χ2n) is 6.09. The number of thioether (sulfide) groups is 1. The van der Waals surface area contributed by atoms with Crippen LogP contribution in [0.2, 0.25) is 0 Å². The summed E-state index contributed by atoms with van der Waals surface area (Å²) in [5, 5.41) is 3.54. The van der Waals surface area contributed by atoms with Crippen LogP contribution in [0.4, 0.5) is 5.69 Å². The van der Waals surface area contributed by atoms with Crippen LogP contribution in [0.5, 0.6) is 11.5 Å². The van der Waals surface area contributed by atoms with Gasteiger partial charge in [0, 0.05) is 30.1 Å². The number of benzene rings is 2. The number of anilines is 1. The fourth-order valence-electron chi connectivity index (χ4n) is 2.90. The van der Waals surface area contributed by atoms with E-state index in [-0.39, 0.29) is 23.9 Å². The van der Waals surface area contributed by atoms with Gasteiger partial charge in [-0.25, -0.2) is 4.98 Å². The molecule has 7 heteroatoms. The van der Waals surface area contributed by atoms with Crippen LogP contribution in [0.15, 0.2) is 76.8 Å². The van der Waals surface area contributed by atoms with Gasteiger partial charge >= 0.3 is 0 Å². The number of fused-ring (bicyclic) bond motifs is 1. The van der Waals surface area contributed by atoms with Crippen LogP contribution in [-0.2, 0) is 4.79 Å². The first-order chi connectivity index (χ1) is 13.2. The zero-order valence-corrected chi connectivity index (χ0v) is 15.2. The summed E-state index contributed by atoms with van der Waals surface area (Å²) in [6.07, 6.45) is 1.73. The zero-order chi connectivity index (χ0) is 18.6. The fraction of sp³-hybridized carbons (Fsp3) is 0.150. The van der Waals surface area contributed by atoms with Crippen molar-refractivity contribution in [2.75, 3.05) is 11.1 Å². The number of para-hydroxylation sites is 1. The maximum atomic E-state index is 12.4. The van der Waals surface area contributed by atoms with Crippen LogP contribution in [0.1, 0.15) is 12.5 Å². The molecule has 3 aromatic rings. The number of carbonyl (C=O) groups is 1. The average Bonchev–Trinajstić information content (AvgIpc) is 3.08. The Morgan fingerprint density at radius 3 is 2.63 bits per heavy atom. The Hall–Kier alpha value is -3.06. The quantitative estimate of drug-likeness (QED) is 0.684. The van der Waals surface area contributed by atoms with Gasteiger partial charge in [0.1, 0.15) is 11.5 Å². The molecule has 0 saturated heterocycles. The topological polar surface area (TPSA) is 73.2 Å². The van der Waals surface area contributed by atoms with Crippen LogP contribution in [-0.4, -0.2) is 21.2 Å². The predicted octanol–water partition coefficient (Wildman–Crippen LogP) is 3.71. The summed E-state index contributed by atoms with van der Waals surface area (Å²) >= 11 is 1.50. The summed E-state index contributed by atoms with van der Waals surface area (Å²) in [6, 6.07) is 17.9. The molecule has 1 aliphatic heterocycles. The van der Waals surface area contributed by atoms with Crippen molar-refractivity contribution in [3.05, 3.63) is 77.2 Å². The van der Waals surface area contributed by atoms with Gasteiger partial charge in [0.15, 0.2) is 5.16 Å². The third-order valence-electron chi connectivity index (χ3n) is 4.15. The summed E-state index contributed by atoms with van der Waals surface area (Å²) in [4.78, 5) is 28.6. The van der Waals surface area contributed by atoms with Crippen molar-refractivity contribution in [3.63, 3.8) is 0 Å². The normalized spacial score (nSPS) is 15.2. The number of nitrogens with one attached hydrogen (secondary N) is 1. The van der Waals surface area contributed by atoms with Crippen LogP contribution in [0.25, 0.3) is 0 Å². The lowest BCUT2D eigenvalue weighted by atomic mass is 10.2.